The molecule has 0 aliphatic heterocycles. The number of aliphatic hydroxyl groups is 1. The molecule has 0 amide bonds. The van der Waals surface area contributed by atoms with Crippen LogP contribution < -0.4 is 5.32 Å². The van der Waals surface area contributed by atoms with Gasteiger partial charge in [0, 0.05) is 18.9 Å². The fraction of sp³-hybridized carbons (Fsp3) is 0.956. The molecule has 0 aliphatic carbocycles. The summed E-state index contributed by atoms with van der Waals surface area (Å²) in [5, 5.41) is 13.4. The summed E-state index contributed by atoms with van der Waals surface area (Å²) >= 11 is 0. The second kappa shape index (κ2) is 40.1. The maximum atomic E-state index is 12.7. The van der Waals surface area contributed by atoms with Crippen LogP contribution in [-0.4, -0.2) is 48.4 Å². The Morgan fingerprint density at radius 2 is 0.843 bits per heavy atom. The first-order valence-corrected chi connectivity index (χ1v) is 22.7. The zero-order valence-corrected chi connectivity index (χ0v) is 34.8. The summed E-state index contributed by atoms with van der Waals surface area (Å²) in [5.74, 6) is -0.0301. The zero-order valence-electron chi connectivity index (χ0n) is 34.8. The van der Waals surface area contributed by atoms with Crippen LogP contribution in [-0.2, 0) is 19.1 Å². The van der Waals surface area contributed by atoms with Crippen molar-refractivity contribution in [3.63, 3.8) is 0 Å². The van der Waals surface area contributed by atoms with E-state index in [9.17, 15) is 14.7 Å². The molecule has 0 spiro atoms. The molecule has 304 valence electrons. The molecule has 0 saturated carbocycles. The summed E-state index contributed by atoms with van der Waals surface area (Å²) in [5.41, 5.74) is 0. The average Bonchev–Trinajstić information content (AvgIpc) is 3.12. The van der Waals surface area contributed by atoms with E-state index in [2.05, 4.69) is 26.1 Å². The first kappa shape index (κ1) is 49.9. The van der Waals surface area contributed by atoms with Crippen LogP contribution in [0.4, 0.5) is 0 Å². The van der Waals surface area contributed by atoms with Crippen molar-refractivity contribution in [2.45, 2.75) is 264 Å². The van der Waals surface area contributed by atoms with Gasteiger partial charge in [-0.1, -0.05) is 162 Å². The summed E-state index contributed by atoms with van der Waals surface area (Å²) in [6.07, 6.45) is 39.0. The van der Waals surface area contributed by atoms with Crippen molar-refractivity contribution in [3.05, 3.63) is 0 Å². The second-order valence-corrected chi connectivity index (χ2v) is 15.7. The molecule has 0 aromatic heterocycles. The van der Waals surface area contributed by atoms with Gasteiger partial charge in [0.25, 0.3) is 0 Å². The first-order chi connectivity index (χ1) is 25.0. The summed E-state index contributed by atoms with van der Waals surface area (Å²) < 4.78 is 11.6. The Kier molecular flexibility index (Phi) is 39.2. The molecule has 51 heavy (non-hydrogen) atoms. The highest BCUT2D eigenvalue weighted by atomic mass is 16.5. The normalized spacial score (nSPS) is 12.7. The van der Waals surface area contributed by atoms with E-state index in [1.165, 1.54) is 109 Å². The van der Waals surface area contributed by atoms with Gasteiger partial charge in [0.15, 0.2) is 0 Å². The van der Waals surface area contributed by atoms with Gasteiger partial charge >= 0.3 is 11.9 Å². The summed E-state index contributed by atoms with van der Waals surface area (Å²) in [4.78, 5) is 24.8. The van der Waals surface area contributed by atoms with Crippen LogP contribution in [0.3, 0.4) is 0 Å². The van der Waals surface area contributed by atoms with Crippen molar-refractivity contribution < 1.29 is 24.2 Å². The molecule has 0 aromatic rings. The largest absolute Gasteiger partial charge is 0.463 e. The van der Waals surface area contributed by atoms with Gasteiger partial charge in [0.2, 0.25) is 0 Å². The number of carbonyl (C=O) groups excluding carboxylic acids is 2. The van der Waals surface area contributed by atoms with E-state index in [0.29, 0.717) is 12.8 Å². The van der Waals surface area contributed by atoms with Gasteiger partial charge in [-0.2, -0.15) is 0 Å². The maximum absolute atomic E-state index is 12.7. The fourth-order valence-electron chi connectivity index (χ4n) is 7.05. The molecule has 0 saturated heterocycles. The third-order valence-electron chi connectivity index (χ3n) is 10.5. The van der Waals surface area contributed by atoms with Crippen LogP contribution in [0.1, 0.15) is 246 Å². The summed E-state index contributed by atoms with van der Waals surface area (Å²) in [7, 11) is 0. The number of aliphatic hydroxyl groups excluding tert-OH is 1. The summed E-state index contributed by atoms with van der Waals surface area (Å²) in [6, 6.07) is 0.170. The van der Waals surface area contributed by atoms with E-state index in [-0.39, 0.29) is 36.8 Å². The van der Waals surface area contributed by atoms with Crippen molar-refractivity contribution in [1.29, 1.82) is 0 Å². The summed E-state index contributed by atoms with van der Waals surface area (Å²) in [6.45, 7) is 9.91. The molecule has 2 unspecified atom stereocenters. The van der Waals surface area contributed by atoms with Gasteiger partial charge < -0.3 is 19.9 Å². The van der Waals surface area contributed by atoms with E-state index in [0.717, 1.165) is 103 Å². The van der Waals surface area contributed by atoms with E-state index >= 15 is 0 Å². The monoisotopic (exact) mass is 724 g/mol. The lowest BCUT2D eigenvalue weighted by molar-refractivity contribution is -0.150. The van der Waals surface area contributed by atoms with Crippen LogP contribution in [0, 0.1) is 0 Å². The van der Waals surface area contributed by atoms with E-state index < -0.39 is 0 Å². The number of unbranched alkanes of at least 4 members (excludes halogenated alkanes) is 23. The van der Waals surface area contributed by atoms with Gasteiger partial charge in [-0.25, -0.2) is 0 Å². The second-order valence-electron chi connectivity index (χ2n) is 15.7. The molecule has 6 nitrogen and oxygen atoms in total. The fourth-order valence-corrected chi connectivity index (χ4v) is 7.05. The van der Waals surface area contributed by atoms with Gasteiger partial charge in [0.1, 0.15) is 6.10 Å². The van der Waals surface area contributed by atoms with Crippen molar-refractivity contribution in [2.24, 2.45) is 0 Å². The molecule has 0 radical (unpaired) electrons. The molecule has 0 aliphatic rings. The highest BCUT2D eigenvalue weighted by Gasteiger charge is 2.15. The molecule has 2 atom stereocenters. The predicted molar refractivity (Wildman–Crippen MR) is 218 cm³/mol. The smallest absolute Gasteiger partial charge is 0.306 e. The van der Waals surface area contributed by atoms with E-state index in [1.54, 1.807) is 0 Å². The Morgan fingerprint density at radius 3 is 1.31 bits per heavy atom. The third-order valence-corrected chi connectivity index (χ3v) is 10.5. The van der Waals surface area contributed by atoms with Gasteiger partial charge in [-0.05, 0) is 77.7 Å². The number of ether oxygens (including phenoxy) is 2. The van der Waals surface area contributed by atoms with Crippen molar-refractivity contribution >= 4 is 11.9 Å². The lowest BCUT2D eigenvalue weighted by atomic mass is 10.0. The minimum atomic E-state index is -0.0373. The number of rotatable bonds is 41. The van der Waals surface area contributed by atoms with Crippen LogP contribution in [0.5, 0.6) is 0 Å². The lowest BCUT2D eigenvalue weighted by Gasteiger charge is -2.18. The maximum Gasteiger partial charge on any atom is 0.306 e. The number of carbonyl (C=O) groups is 2. The molecule has 0 aromatic carbocycles. The lowest BCUT2D eigenvalue weighted by Crippen LogP contribution is -2.33. The van der Waals surface area contributed by atoms with Crippen LogP contribution in [0.25, 0.3) is 0 Å². The molecule has 0 fully saturated rings. The van der Waals surface area contributed by atoms with Gasteiger partial charge in [-0.3, -0.25) is 9.59 Å². The predicted octanol–water partition coefficient (Wildman–Crippen LogP) is 13.1. The van der Waals surface area contributed by atoms with Gasteiger partial charge in [0.05, 0.1) is 12.7 Å². The van der Waals surface area contributed by atoms with Crippen LogP contribution >= 0.6 is 0 Å². The highest BCUT2D eigenvalue weighted by Crippen LogP contribution is 2.19. The van der Waals surface area contributed by atoms with Crippen molar-refractivity contribution in [1.82, 2.24) is 5.32 Å². The number of hydrogen-bond donors (Lipinski definition) is 2. The quantitative estimate of drug-likeness (QED) is 0.0482. The van der Waals surface area contributed by atoms with E-state index in [4.69, 9.17) is 9.47 Å². The topological polar surface area (TPSA) is 84.9 Å². The minimum absolute atomic E-state index is 0.00716. The van der Waals surface area contributed by atoms with Gasteiger partial charge in [-0.15, -0.1) is 0 Å². The molecule has 6 heteroatoms. The third kappa shape index (κ3) is 37.0. The van der Waals surface area contributed by atoms with Crippen molar-refractivity contribution in [2.75, 3.05) is 13.2 Å². The first-order valence-electron chi connectivity index (χ1n) is 22.7. The Morgan fingerprint density at radius 1 is 0.471 bits per heavy atom. The standard InChI is InChI=1S/C45H89NO5/c1-5-8-11-14-19-26-33-41(4)50-44(48)37-30-24-18-25-32-39-46-42(40-47)34-27-20-17-23-31-38-45(49)51-43(35-28-21-15-12-9-6-2)36-29-22-16-13-10-7-3/h41-43,46-47H,5-40H2,1-4H3. The molecule has 0 heterocycles. The number of nitrogens with one attached hydrogen (secondary N) is 1. The molecular weight excluding hydrogens is 634 g/mol. The van der Waals surface area contributed by atoms with Crippen LogP contribution in [0.15, 0.2) is 0 Å². The Bertz CT molecular complexity index is 715. The van der Waals surface area contributed by atoms with Crippen LogP contribution in [0.2, 0.25) is 0 Å². The molecular formula is C45H89NO5. The minimum Gasteiger partial charge on any atom is -0.463 e. The molecule has 0 rings (SSSR count). The molecule has 0 bridgehead atoms. The zero-order chi connectivity index (χ0) is 37.5. The average molecular weight is 724 g/mol. The highest BCUT2D eigenvalue weighted by molar-refractivity contribution is 5.69. The Labute approximate surface area is 318 Å². The Hall–Kier alpha value is -1.14. The van der Waals surface area contributed by atoms with Crippen molar-refractivity contribution in [3.8, 4) is 0 Å². The van der Waals surface area contributed by atoms with E-state index in [1.807, 2.05) is 6.92 Å². The molecule has 2 N–H and O–H groups in total. The SMILES string of the molecule is CCCCCCCCC(C)OC(=O)CCCCCCCNC(CO)CCCCCCCC(=O)OC(CCCCCCCC)CCCCCCCC. The number of esters is 2. The Balaban J connectivity index is 3.87. The number of hydrogen-bond acceptors (Lipinski definition) is 6.